The molecule has 23 heavy (non-hydrogen) atoms. The van der Waals surface area contributed by atoms with Crippen LogP contribution < -0.4 is 10.0 Å². The summed E-state index contributed by atoms with van der Waals surface area (Å²) in [6, 6.07) is 1.86. The standard InChI is InChI=1S/C14H19F2N3O3S/c1-17-14(20)9-19-4-2-12(3-5-19)18-23(21,22)13-7-10(15)6-11(16)8-13/h6-8,12,18H,2-5,9H2,1H3,(H,17,20). The highest BCUT2D eigenvalue weighted by atomic mass is 32.2. The number of nitrogens with one attached hydrogen (secondary N) is 2. The second-order valence-corrected chi connectivity index (χ2v) is 7.16. The van der Waals surface area contributed by atoms with Gasteiger partial charge in [-0.3, -0.25) is 9.69 Å². The Balaban J connectivity index is 1.96. The molecule has 1 aliphatic rings. The maximum Gasteiger partial charge on any atom is 0.241 e. The average Bonchev–Trinajstić information content (AvgIpc) is 2.48. The molecule has 1 aliphatic heterocycles. The van der Waals surface area contributed by atoms with Gasteiger partial charge in [-0.05, 0) is 25.0 Å². The Hall–Kier alpha value is -1.58. The van der Waals surface area contributed by atoms with E-state index in [4.69, 9.17) is 0 Å². The van der Waals surface area contributed by atoms with Crippen molar-refractivity contribution in [3.05, 3.63) is 29.8 Å². The second-order valence-electron chi connectivity index (χ2n) is 5.45. The summed E-state index contributed by atoms with van der Waals surface area (Å²) in [5, 5.41) is 2.53. The fourth-order valence-corrected chi connectivity index (χ4v) is 3.81. The first-order chi connectivity index (χ1) is 10.8. The number of hydrogen-bond acceptors (Lipinski definition) is 4. The lowest BCUT2D eigenvalue weighted by Crippen LogP contribution is -2.47. The molecule has 2 N–H and O–H groups in total. The molecule has 2 rings (SSSR count). The van der Waals surface area contributed by atoms with Crippen LogP contribution in [0.1, 0.15) is 12.8 Å². The number of piperidine rings is 1. The van der Waals surface area contributed by atoms with Crippen molar-refractivity contribution in [2.45, 2.75) is 23.8 Å². The molecule has 1 aromatic rings. The molecule has 1 heterocycles. The maximum absolute atomic E-state index is 13.2. The van der Waals surface area contributed by atoms with Gasteiger partial charge in [-0.25, -0.2) is 21.9 Å². The van der Waals surface area contributed by atoms with E-state index >= 15 is 0 Å². The molecule has 0 aliphatic carbocycles. The summed E-state index contributed by atoms with van der Waals surface area (Å²) in [4.78, 5) is 12.8. The van der Waals surface area contributed by atoms with E-state index in [1.54, 1.807) is 7.05 Å². The largest absolute Gasteiger partial charge is 0.358 e. The molecule has 0 radical (unpaired) electrons. The summed E-state index contributed by atoms with van der Waals surface area (Å²) >= 11 is 0. The highest BCUT2D eigenvalue weighted by molar-refractivity contribution is 7.89. The molecular formula is C14H19F2N3O3S. The van der Waals surface area contributed by atoms with Crippen LogP contribution in [0.15, 0.2) is 23.1 Å². The van der Waals surface area contributed by atoms with Crippen molar-refractivity contribution in [1.29, 1.82) is 0 Å². The third-order valence-corrected chi connectivity index (χ3v) is 5.20. The normalized spacial score (nSPS) is 17.2. The first-order valence-electron chi connectivity index (χ1n) is 7.21. The zero-order valence-electron chi connectivity index (χ0n) is 12.7. The van der Waals surface area contributed by atoms with Gasteiger partial charge in [-0.15, -0.1) is 0 Å². The van der Waals surface area contributed by atoms with Gasteiger partial charge in [0, 0.05) is 32.2 Å². The number of carbonyl (C=O) groups is 1. The number of benzene rings is 1. The Morgan fingerprint density at radius 3 is 2.30 bits per heavy atom. The van der Waals surface area contributed by atoms with Crippen LogP contribution in [-0.2, 0) is 14.8 Å². The molecule has 0 spiro atoms. The van der Waals surface area contributed by atoms with Gasteiger partial charge in [0.2, 0.25) is 15.9 Å². The van der Waals surface area contributed by atoms with Crippen LogP contribution in [0.3, 0.4) is 0 Å². The van der Waals surface area contributed by atoms with Crippen LogP contribution in [0.5, 0.6) is 0 Å². The minimum atomic E-state index is -3.98. The Labute approximate surface area is 133 Å². The first-order valence-corrected chi connectivity index (χ1v) is 8.70. The van der Waals surface area contributed by atoms with Crippen molar-refractivity contribution in [3.8, 4) is 0 Å². The number of hydrogen-bond donors (Lipinski definition) is 2. The van der Waals surface area contributed by atoms with Crippen molar-refractivity contribution in [1.82, 2.24) is 14.9 Å². The molecule has 1 fully saturated rings. The fourth-order valence-electron chi connectivity index (χ4n) is 2.46. The third kappa shape index (κ3) is 4.95. The molecular weight excluding hydrogens is 328 g/mol. The smallest absolute Gasteiger partial charge is 0.241 e. The summed E-state index contributed by atoms with van der Waals surface area (Å²) in [5.74, 6) is -1.98. The molecule has 0 unspecified atom stereocenters. The summed E-state index contributed by atoms with van der Waals surface area (Å²) in [5.41, 5.74) is 0. The van der Waals surface area contributed by atoms with E-state index in [0.717, 1.165) is 12.1 Å². The highest BCUT2D eigenvalue weighted by Crippen LogP contribution is 2.17. The fraction of sp³-hybridized carbons (Fsp3) is 0.500. The lowest BCUT2D eigenvalue weighted by Gasteiger charge is -2.31. The Morgan fingerprint density at radius 1 is 1.22 bits per heavy atom. The average molecular weight is 347 g/mol. The van der Waals surface area contributed by atoms with Gasteiger partial charge in [0.15, 0.2) is 0 Å². The monoisotopic (exact) mass is 347 g/mol. The summed E-state index contributed by atoms with van der Waals surface area (Å²) in [6.07, 6.45) is 1.04. The minimum absolute atomic E-state index is 0.0979. The highest BCUT2D eigenvalue weighted by Gasteiger charge is 2.26. The number of sulfonamides is 1. The van der Waals surface area contributed by atoms with Gasteiger partial charge in [-0.2, -0.15) is 0 Å². The quantitative estimate of drug-likeness (QED) is 0.811. The van der Waals surface area contributed by atoms with E-state index in [0.29, 0.717) is 32.0 Å². The van der Waals surface area contributed by atoms with Crippen molar-refractivity contribution in [2.75, 3.05) is 26.7 Å². The number of likely N-dealkylation sites (tertiary alicyclic amines) is 1. The maximum atomic E-state index is 13.2. The molecule has 6 nitrogen and oxygen atoms in total. The zero-order valence-corrected chi connectivity index (χ0v) is 13.5. The van der Waals surface area contributed by atoms with Gasteiger partial charge in [0.25, 0.3) is 0 Å². The lowest BCUT2D eigenvalue weighted by atomic mass is 10.1. The summed E-state index contributed by atoms with van der Waals surface area (Å²) in [6.45, 7) is 1.40. The molecule has 0 atom stereocenters. The molecule has 1 aromatic carbocycles. The van der Waals surface area contributed by atoms with E-state index < -0.39 is 26.6 Å². The first kappa shape index (κ1) is 17.8. The van der Waals surface area contributed by atoms with Crippen LogP contribution in [0.25, 0.3) is 0 Å². The lowest BCUT2D eigenvalue weighted by molar-refractivity contribution is -0.122. The zero-order chi connectivity index (χ0) is 17.0. The van der Waals surface area contributed by atoms with E-state index in [2.05, 4.69) is 10.0 Å². The Morgan fingerprint density at radius 2 is 1.78 bits per heavy atom. The van der Waals surface area contributed by atoms with Crippen LogP contribution in [0.4, 0.5) is 8.78 Å². The van der Waals surface area contributed by atoms with Gasteiger partial charge in [-0.1, -0.05) is 0 Å². The predicted octanol–water partition coefficient (Wildman–Crippen LogP) is 0.453. The molecule has 0 bridgehead atoms. The van der Waals surface area contributed by atoms with Gasteiger partial charge >= 0.3 is 0 Å². The van der Waals surface area contributed by atoms with Crippen molar-refractivity contribution in [2.24, 2.45) is 0 Å². The topological polar surface area (TPSA) is 78.5 Å². The summed E-state index contributed by atoms with van der Waals surface area (Å²) in [7, 11) is -2.42. The number of halogens is 2. The Bertz CT molecular complexity index is 654. The molecule has 128 valence electrons. The van der Waals surface area contributed by atoms with Gasteiger partial charge < -0.3 is 5.32 Å². The molecule has 1 saturated heterocycles. The van der Waals surface area contributed by atoms with Gasteiger partial charge in [0.05, 0.1) is 11.4 Å². The van der Waals surface area contributed by atoms with Gasteiger partial charge in [0.1, 0.15) is 11.6 Å². The van der Waals surface area contributed by atoms with E-state index in [9.17, 15) is 22.0 Å². The Kier molecular flexibility index (Phi) is 5.66. The van der Waals surface area contributed by atoms with Crippen LogP contribution >= 0.6 is 0 Å². The molecule has 9 heteroatoms. The predicted molar refractivity (Wildman–Crippen MR) is 80.2 cm³/mol. The minimum Gasteiger partial charge on any atom is -0.358 e. The number of carbonyl (C=O) groups excluding carboxylic acids is 1. The number of nitrogens with zero attached hydrogens (tertiary/aromatic N) is 1. The van der Waals surface area contributed by atoms with E-state index in [1.165, 1.54) is 0 Å². The van der Waals surface area contributed by atoms with Crippen molar-refractivity contribution >= 4 is 15.9 Å². The van der Waals surface area contributed by atoms with Crippen molar-refractivity contribution < 1.29 is 22.0 Å². The number of rotatable bonds is 5. The van der Waals surface area contributed by atoms with E-state index in [-0.39, 0.29) is 18.5 Å². The number of amides is 1. The SMILES string of the molecule is CNC(=O)CN1CCC(NS(=O)(=O)c2cc(F)cc(F)c2)CC1. The van der Waals surface area contributed by atoms with Crippen LogP contribution in [0, 0.1) is 11.6 Å². The molecule has 0 saturated carbocycles. The van der Waals surface area contributed by atoms with E-state index in [1.807, 2.05) is 4.90 Å². The third-order valence-electron chi connectivity index (χ3n) is 3.70. The number of likely N-dealkylation sites (N-methyl/N-ethyl adjacent to an activating group) is 1. The second kappa shape index (κ2) is 7.33. The molecule has 0 aromatic heterocycles. The van der Waals surface area contributed by atoms with Crippen LogP contribution in [-0.4, -0.2) is 51.9 Å². The molecule has 1 amide bonds. The van der Waals surface area contributed by atoms with Crippen LogP contribution in [0.2, 0.25) is 0 Å². The van der Waals surface area contributed by atoms with Crippen molar-refractivity contribution in [3.63, 3.8) is 0 Å². The summed E-state index contributed by atoms with van der Waals surface area (Å²) < 4.78 is 53.2.